The average Bonchev–Trinajstić information content (AvgIpc) is 2.77. The molecule has 0 bridgehead atoms. The Morgan fingerprint density at radius 2 is 1.80 bits per heavy atom. The van der Waals surface area contributed by atoms with Gasteiger partial charge in [0.25, 0.3) is 0 Å². The summed E-state index contributed by atoms with van der Waals surface area (Å²) in [5.41, 5.74) is 2.04. The van der Waals surface area contributed by atoms with Crippen molar-refractivity contribution in [2.75, 3.05) is 12.3 Å². The van der Waals surface area contributed by atoms with E-state index in [1.54, 1.807) is 0 Å². The molecule has 1 aliphatic heterocycles. The van der Waals surface area contributed by atoms with Gasteiger partial charge in [-0.25, -0.2) is 8.42 Å². The number of piperidine rings is 1. The molecule has 7 heteroatoms. The summed E-state index contributed by atoms with van der Waals surface area (Å²) in [7, 11) is -3.39. The molecule has 6 nitrogen and oxygen atoms in total. The second-order valence-electron chi connectivity index (χ2n) is 7.57. The normalized spacial score (nSPS) is 17.4. The van der Waals surface area contributed by atoms with E-state index in [1.165, 1.54) is 4.31 Å². The van der Waals surface area contributed by atoms with Crippen LogP contribution < -0.4 is 10.1 Å². The number of rotatable bonds is 9. The number of hydrogen-bond donors (Lipinski definition) is 1. The number of sulfonamides is 1. The molecule has 1 aliphatic rings. The summed E-state index contributed by atoms with van der Waals surface area (Å²) >= 11 is 0. The minimum absolute atomic E-state index is 0.0845. The molecular formula is C23H30N2O4S. The summed E-state index contributed by atoms with van der Waals surface area (Å²) < 4.78 is 32.2. The highest BCUT2D eigenvalue weighted by molar-refractivity contribution is 7.89. The number of hydrogen-bond acceptors (Lipinski definition) is 4. The van der Waals surface area contributed by atoms with Crippen LogP contribution in [0.5, 0.6) is 5.75 Å². The third-order valence-corrected chi connectivity index (χ3v) is 7.29. The Bertz CT molecular complexity index is 914. The summed E-state index contributed by atoms with van der Waals surface area (Å²) in [6, 6.07) is 16.9. The molecule has 1 amide bonds. The van der Waals surface area contributed by atoms with Crippen LogP contribution >= 0.6 is 0 Å². The summed E-state index contributed by atoms with van der Waals surface area (Å²) in [6.07, 6.45) is 2.79. The molecular weight excluding hydrogens is 400 g/mol. The smallest absolute Gasteiger partial charge is 0.238 e. The van der Waals surface area contributed by atoms with Crippen molar-refractivity contribution < 1.29 is 17.9 Å². The molecule has 3 rings (SSSR count). The largest absolute Gasteiger partial charge is 0.489 e. The van der Waals surface area contributed by atoms with Gasteiger partial charge in [0.05, 0.1) is 5.75 Å². The molecule has 1 atom stereocenters. The first-order valence-electron chi connectivity index (χ1n) is 10.5. The zero-order chi connectivity index (χ0) is 21.4. The molecule has 30 heavy (non-hydrogen) atoms. The Hall–Kier alpha value is -2.38. The first-order chi connectivity index (χ1) is 14.5. The van der Waals surface area contributed by atoms with Gasteiger partial charge in [0, 0.05) is 13.1 Å². The van der Waals surface area contributed by atoms with E-state index in [0.717, 1.165) is 29.7 Å². The monoisotopic (exact) mass is 430 g/mol. The van der Waals surface area contributed by atoms with Crippen LogP contribution in [0.15, 0.2) is 54.6 Å². The molecule has 1 heterocycles. The topological polar surface area (TPSA) is 75.7 Å². The average molecular weight is 431 g/mol. The molecule has 1 fully saturated rings. The van der Waals surface area contributed by atoms with Crippen molar-refractivity contribution in [2.45, 2.75) is 51.8 Å². The second kappa shape index (κ2) is 10.6. The van der Waals surface area contributed by atoms with Crippen molar-refractivity contribution in [1.29, 1.82) is 0 Å². The molecule has 2 aromatic carbocycles. The van der Waals surface area contributed by atoms with Gasteiger partial charge in [0.1, 0.15) is 18.4 Å². The molecule has 1 unspecified atom stereocenters. The Kier molecular flexibility index (Phi) is 7.87. The lowest BCUT2D eigenvalue weighted by Gasteiger charge is -2.33. The fourth-order valence-corrected chi connectivity index (χ4v) is 5.37. The first kappa shape index (κ1) is 22.3. The number of amides is 1. The number of ether oxygens (including phenoxy) is 1. The summed E-state index contributed by atoms with van der Waals surface area (Å²) in [4.78, 5) is 12.7. The molecule has 0 radical (unpaired) electrons. The van der Waals surface area contributed by atoms with Crippen molar-refractivity contribution in [2.24, 2.45) is 0 Å². The highest BCUT2D eigenvalue weighted by Crippen LogP contribution is 2.22. The summed E-state index contributed by atoms with van der Waals surface area (Å²) in [5.74, 6) is 0.623. The first-order valence-corrected chi connectivity index (χ1v) is 12.1. The third-order valence-electron chi connectivity index (χ3n) is 5.21. The number of benzene rings is 2. The number of nitrogens with zero attached hydrogens (tertiary/aromatic N) is 1. The van der Waals surface area contributed by atoms with Crippen LogP contribution in [0.3, 0.4) is 0 Å². The Morgan fingerprint density at radius 1 is 1.07 bits per heavy atom. The molecule has 0 aliphatic carbocycles. The Labute approximate surface area is 179 Å². The van der Waals surface area contributed by atoms with Crippen LogP contribution in [-0.2, 0) is 28.0 Å². The van der Waals surface area contributed by atoms with Gasteiger partial charge in [-0.05, 0) is 42.5 Å². The maximum atomic E-state index is 12.7. The van der Waals surface area contributed by atoms with Crippen molar-refractivity contribution >= 4 is 15.9 Å². The Morgan fingerprint density at radius 3 is 2.50 bits per heavy atom. The lowest BCUT2D eigenvalue weighted by atomic mass is 10.0. The fourth-order valence-electron chi connectivity index (χ4n) is 3.63. The predicted molar refractivity (Wildman–Crippen MR) is 117 cm³/mol. The molecule has 0 saturated carbocycles. The fraction of sp³-hybridized carbons (Fsp3) is 0.435. The van der Waals surface area contributed by atoms with E-state index >= 15 is 0 Å². The van der Waals surface area contributed by atoms with Crippen LogP contribution in [0, 0.1) is 0 Å². The Balaban J connectivity index is 1.53. The minimum Gasteiger partial charge on any atom is -0.489 e. The van der Waals surface area contributed by atoms with Crippen LogP contribution in [0.4, 0.5) is 0 Å². The lowest BCUT2D eigenvalue weighted by molar-refractivity contribution is -0.125. The molecule has 1 N–H and O–H groups in total. The van der Waals surface area contributed by atoms with Gasteiger partial charge in [-0.1, -0.05) is 55.8 Å². The van der Waals surface area contributed by atoms with E-state index in [1.807, 2.05) is 61.5 Å². The van der Waals surface area contributed by atoms with E-state index < -0.39 is 16.1 Å². The zero-order valence-electron chi connectivity index (χ0n) is 17.4. The zero-order valence-corrected chi connectivity index (χ0v) is 18.2. The minimum atomic E-state index is -3.39. The van der Waals surface area contributed by atoms with Crippen LogP contribution in [-0.4, -0.2) is 37.0 Å². The van der Waals surface area contributed by atoms with E-state index in [2.05, 4.69) is 5.32 Å². The highest BCUT2D eigenvalue weighted by Gasteiger charge is 2.35. The van der Waals surface area contributed by atoms with Crippen molar-refractivity contribution in [3.8, 4) is 5.75 Å². The van der Waals surface area contributed by atoms with Gasteiger partial charge in [-0.15, -0.1) is 0 Å². The van der Waals surface area contributed by atoms with Crippen molar-refractivity contribution in [3.63, 3.8) is 0 Å². The van der Waals surface area contributed by atoms with Gasteiger partial charge < -0.3 is 10.1 Å². The van der Waals surface area contributed by atoms with Gasteiger partial charge in [-0.3, -0.25) is 4.79 Å². The SMILES string of the molecule is CCCS(=O)(=O)N1CCCCC1C(=O)NCc1ccc(OCc2ccccc2)cc1. The number of carbonyl (C=O) groups excluding carboxylic acids is 1. The van der Waals surface area contributed by atoms with Gasteiger partial charge in [0.15, 0.2) is 0 Å². The number of nitrogens with one attached hydrogen (secondary N) is 1. The van der Waals surface area contributed by atoms with E-state index in [9.17, 15) is 13.2 Å². The van der Waals surface area contributed by atoms with Crippen molar-refractivity contribution in [1.82, 2.24) is 9.62 Å². The van der Waals surface area contributed by atoms with Crippen LogP contribution in [0.2, 0.25) is 0 Å². The molecule has 162 valence electrons. The number of carbonyl (C=O) groups is 1. The third kappa shape index (κ3) is 6.06. The van der Waals surface area contributed by atoms with Crippen LogP contribution in [0.25, 0.3) is 0 Å². The van der Waals surface area contributed by atoms with Crippen LogP contribution in [0.1, 0.15) is 43.7 Å². The summed E-state index contributed by atoms with van der Waals surface area (Å²) in [5, 5.41) is 2.90. The van der Waals surface area contributed by atoms with E-state index in [4.69, 9.17) is 4.74 Å². The highest BCUT2D eigenvalue weighted by atomic mass is 32.2. The maximum Gasteiger partial charge on any atom is 0.238 e. The van der Waals surface area contributed by atoms with E-state index in [0.29, 0.717) is 32.5 Å². The van der Waals surface area contributed by atoms with Gasteiger partial charge in [0.2, 0.25) is 15.9 Å². The lowest BCUT2D eigenvalue weighted by Crippen LogP contribution is -2.52. The predicted octanol–water partition coefficient (Wildman–Crippen LogP) is 3.48. The molecule has 0 aromatic heterocycles. The molecule has 0 spiro atoms. The van der Waals surface area contributed by atoms with E-state index in [-0.39, 0.29) is 11.7 Å². The van der Waals surface area contributed by atoms with Gasteiger partial charge in [-0.2, -0.15) is 4.31 Å². The van der Waals surface area contributed by atoms with Crippen molar-refractivity contribution in [3.05, 3.63) is 65.7 Å². The second-order valence-corrected chi connectivity index (χ2v) is 9.62. The van der Waals surface area contributed by atoms with Gasteiger partial charge >= 0.3 is 0 Å². The summed E-state index contributed by atoms with van der Waals surface area (Å²) in [6.45, 7) is 3.12. The molecule has 1 saturated heterocycles. The maximum absolute atomic E-state index is 12.7. The standard InChI is InChI=1S/C23H30N2O4S/c1-2-16-30(27,28)25-15-7-6-10-22(25)23(26)24-17-19-11-13-21(14-12-19)29-18-20-8-4-3-5-9-20/h3-5,8-9,11-14,22H,2,6-7,10,15-18H2,1H3,(H,24,26). The quantitative estimate of drug-likeness (QED) is 0.661. The molecule has 2 aromatic rings.